The molecule has 0 amide bonds. The number of benzene rings is 1. The Morgan fingerprint density at radius 3 is 2.44 bits per heavy atom. The molecule has 0 aromatic heterocycles. The van der Waals surface area contributed by atoms with Crippen LogP contribution in [0.4, 0.5) is 0 Å². The summed E-state index contributed by atoms with van der Waals surface area (Å²) in [7, 11) is 0. The summed E-state index contributed by atoms with van der Waals surface area (Å²) >= 11 is 4.69. The fraction of sp³-hybridized carbons (Fsp3) is 0.111. The van der Waals surface area contributed by atoms with E-state index in [0.29, 0.717) is 0 Å². The number of rotatable bonds is 3. The van der Waals surface area contributed by atoms with E-state index in [1.165, 1.54) is 23.9 Å². The molecule has 0 bridgehead atoms. The average molecular weight is 376 g/mol. The quantitative estimate of drug-likeness (QED) is 0.368. The standard InChI is InChI=1S/C9H8O4S2.Cs/c1-15-5-2-3-6(9(12)13-14)7(4-5)8(10)11;/h2-4,14H,1H3,(H,10,11);/q;+1/p-1. The average Bonchev–Trinajstić information content (AvgIpc) is 2.27. The van der Waals surface area contributed by atoms with Gasteiger partial charge in [-0.2, -0.15) is 0 Å². The third-order valence-electron chi connectivity index (χ3n) is 1.75. The van der Waals surface area contributed by atoms with Crippen molar-refractivity contribution in [2.45, 2.75) is 4.90 Å². The van der Waals surface area contributed by atoms with Gasteiger partial charge in [-0.05, 0) is 24.5 Å². The van der Waals surface area contributed by atoms with Gasteiger partial charge < -0.3 is 14.1 Å². The number of carbonyl (C=O) groups is 2. The minimum absolute atomic E-state index is 0. The van der Waals surface area contributed by atoms with E-state index in [4.69, 9.17) is 0 Å². The minimum Gasteiger partial charge on any atom is -0.545 e. The fourth-order valence-corrected chi connectivity index (χ4v) is 1.58. The zero-order valence-corrected chi connectivity index (χ0v) is 16.7. The van der Waals surface area contributed by atoms with Gasteiger partial charge in [0.05, 0.1) is 11.5 Å². The Bertz CT molecular complexity index is 408. The Morgan fingerprint density at radius 1 is 1.38 bits per heavy atom. The molecule has 16 heavy (non-hydrogen) atoms. The van der Waals surface area contributed by atoms with Crippen molar-refractivity contribution in [3.05, 3.63) is 29.3 Å². The largest absolute Gasteiger partial charge is 1.00 e. The molecule has 7 heteroatoms. The van der Waals surface area contributed by atoms with E-state index < -0.39 is 11.9 Å². The summed E-state index contributed by atoms with van der Waals surface area (Å²) in [5, 5.41) is 10.8. The van der Waals surface area contributed by atoms with Gasteiger partial charge in [0.25, 0.3) is 0 Å². The van der Waals surface area contributed by atoms with Crippen molar-refractivity contribution in [1.29, 1.82) is 0 Å². The van der Waals surface area contributed by atoms with Gasteiger partial charge in [-0.1, -0.05) is 0 Å². The Kier molecular flexibility index (Phi) is 8.55. The van der Waals surface area contributed by atoms with Crippen LogP contribution in [0.1, 0.15) is 20.7 Å². The third-order valence-corrected chi connectivity index (χ3v) is 2.64. The van der Waals surface area contributed by atoms with Crippen molar-refractivity contribution < 1.29 is 87.8 Å². The van der Waals surface area contributed by atoms with E-state index in [0.717, 1.165) is 4.90 Å². The van der Waals surface area contributed by atoms with Crippen molar-refractivity contribution in [2.75, 3.05) is 6.26 Å². The third kappa shape index (κ3) is 4.30. The predicted octanol–water partition coefficient (Wildman–Crippen LogP) is -2.22. The summed E-state index contributed by atoms with van der Waals surface area (Å²) < 4.78 is 4.16. The Hall–Kier alpha value is 0.912. The van der Waals surface area contributed by atoms with E-state index in [1.807, 2.05) is 0 Å². The molecule has 80 valence electrons. The van der Waals surface area contributed by atoms with Gasteiger partial charge >= 0.3 is 74.9 Å². The Balaban J connectivity index is 0.00000225. The van der Waals surface area contributed by atoms with Crippen LogP contribution in [0.15, 0.2) is 23.1 Å². The molecular weight excluding hydrogens is 369 g/mol. The molecule has 0 N–H and O–H groups in total. The first-order valence-corrected chi connectivity index (χ1v) is 5.44. The molecule has 0 radical (unpaired) electrons. The number of thiol groups is 1. The SMILES string of the molecule is CSc1ccc(C(=O)OS)c(C(=O)[O-])c1.[Cs+]. The Morgan fingerprint density at radius 2 is 2.00 bits per heavy atom. The second-order valence-electron chi connectivity index (χ2n) is 2.58. The van der Waals surface area contributed by atoms with E-state index in [1.54, 1.807) is 12.3 Å². The molecule has 1 aromatic rings. The van der Waals surface area contributed by atoms with Gasteiger partial charge in [-0.3, -0.25) is 0 Å². The topological polar surface area (TPSA) is 66.4 Å². The number of aromatic carboxylic acids is 1. The van der Waals surface area contributed by atoms with Crippen molar-refractivity contribution in [2.24, 2.45) is 0 Å². The summed E-state index contributed by atoms with van der Waals surface area (Å²) in [6.45, 7) is 0. The van der Waals surface area contributed by atoms with Crippen molar-refractivity contribution >= 4 is 36.6 Å². The number of carbonyl (C=O) groups excluding carboxylic acids is 2. The summed E-state index contributed by atoms with van der Waals surface area (Å²) in [6.07, 6.45) is 1.80. The van der Waals surface area contributed by atoms with Crippen LogP contribution >= 0.6 is 24.7 Å². The normalized spacial score (nSPS) is 9.12. The monoisotopic (exact) mass is 376 g/mol. The first-order chi connectivity index (χ1) is 7.10. The van der Waals surface area contributed by atoms with Gasteiger partial charge in [-0.25, -0.2) is 4.79 Å². The van der Waals surface area contributed by atoms with Crippen molar-refractivity contribution in [1.82, 2.24) is 0 Å². The zero-order chi connectivity index (χ0) is 11.4. The van der Waals surface area contributed by atoms with Crippen LogP contribution in [0.2, 0.25) is 0 Å². The first-order valence-electron chi connectivity index (χ1n) is 3.85. The molecule has 0 aliphatic heterocycles. The maximum Gasteiger partial charge on any atom is 1.00 e. The van der Waals surface area contributed by atoms with E-state index in [-0.39, 0.29) is 80.0 Å². The van der Waals surface area contributed by atoms with Crippen LogP contribution in [0.5, 0.6) is 0 Å². The smallest absolute Gasteiger partial charge is 0.545 e. The molecule has 0 spiro atoms. The van der Waals surface area contributed by atoms with Gasteiger partial charge in [0.1, 0.15) is 0 Å². The molecule has 1 aromatic carbocycles. The zero-order valence-electron chi connectivity index (χ0n) is 8.72. The van der Waals surface area contributed by atoms with Crippen LogP contribution in [0, 0.1) is 0 Å². The molecule has 0 atom stereocenters. The summed E-state index contributed by atoms with van der Waals surface area (Å²) in [5.41, 5.74) is -0.260. The molecule has 0 saturated carbocycles. The molecule has 0 aliphatic rings. The van der Waals surface area contributed by atoms with E-state index in [2.05, 4.69) is 17.1 Å². The van der Waals surface area contributed by atoms with Crippen molar-refractivity contribution in [3.8, 4) is 0 Å². The van der Waals surface area contributed by atoms with Gasteiger partial charge in [0.2, 0.25) is 0 Å². The molecule has 0 fully saturated rings. The van der Waals surface area contributed by atoms with Crippen LogP contribution in [0.25, 0.3) is 0 Å². The summed E-state index contributed by atoms with van der Waals surface area (Å²) in [5.74, 6) is -2.23. The van der Waals surface area contributed by atoms with Crippen LogP contribution < -0.4 is 74.0 Å². The maximum atomic E-state index is 11.1. The summed E-state index contributed by atoms with van der Waals surface area (Å²) in [6, 6.07) is 4.35. The van der Waals surface area contributed by atoms with Gasteiger partial charge in [-0.15, -0.1) is 11.8 Å². The number of carboxylic acid groups (broad SMARTS) is 1. The van der Waals surface area contributed by atoms with Crippen LogP contribution in [-0.2, 0) is 4.18 Å². The van der Waals surface area contributed by atoms with Crippen LogP contribution in [-0.4, -0.2) is 18.2 Å². The number of carboxylic acids is 1. The molecular formula is C9H7CsO4S2. The van der Waals surface area contributed by atoms with Crippen LogP contribution in [0.3, 0.4) is 0 Å². The molecule has 0 heterocycles. The van der Waals surface area contributed by atoms with Gasteiger partial charge in [0, 0.05) is 23.4 Å². The molecule has 1 rings (SSSR count). The number of hydrogen-bond acceptors (Lipinski definition) is 6. The number of hydrogen-bond donors (Lipinski definition) is 1. The molecule has 0 unspecified atom stereocenters. The van der Waals surface area contributed by atoms with Crippen molar-refractivity contribution in [3.63, 3.8) is 0 Å². The molecule has 0 saturated heterocycles. The predicted molar refractivity (Wildman–Crippen MR) is 57.0 cm³/mol. The summed E-state index contributed by atoms with van der Waals surface area (Å²) in [4.78, 5) is 22.6. The fourth-order valence-electron chi connectivity index (χ4n) is 1.05. The number of thioether (sulfide) groups is 1. The van der Waals surface area contributed by atoms with Gasteiger partial charge in [0.15, 0.2) is 0 Å². The minimum atomic E-state index is -1.42. The van der Waals surface area contributed by atoms with E-state index in [9.17, 15) is 14.7 Å². The first kappa shape index (κ1) is 16.9. The second kappa shape index (κ2) is 8.09. The molecule has 4 nitrogen and oxygen atoms in total. The van der Waals surface area contributed by atoms with E-state index >= 15 is 0 Å². The molecule has 0 aliphatic carbocycles. The maximum absolute atomic E-state index is 11.1. The Labute approximate surface area is 162 Å². The second-order valence-corrected chi connectivity index (χ2v) is 3.64.